The van der Waals surface area contributed by atoms with Crippen LogP contribution >= 0.6 is 55.1 Å². The summed E-state index contributed by atoms with van der Waals surface area (Å²) >= 11 is 17.0. The van der Waals surface area contributed by atoms with Gasteiger partial charge in [0.1, 0.15) is 0 Å². The van der Waals surface area contributed by atoms with E-state index in [2.05, 4.69) is 124 Å². The van der Waals surface area contributed by atoms with Crippen molar-refractivity contribution in [1.29, 1.82) is 0 Å². The Bertz CT molecular complexity index is 959. The molecule has 284 valence electrons. The molecule has 0 saturated carbocycles. The smallest absolute Gasteiger partial charge is 0.0967 e. The molecule has 0 nitrogen and oxygen atoms in total. The largest absolute Gasteiger partial charge is 0.109 e. The summed E-state index contributed by atoms with van der Waals surface area (Å²) in [6, 6.07) is 14.0. The van der Waals surface area contributed by atoms with Crippen LogP contribution in [-0.4, -0.2) is 5.34 Å². The van der Waals surface area contributed by atoms with Crippen LogP contribution in [0.4, 0.5) is 0 Å². The predicted molar refractivity (Wildman–Crippen MR) is 233 cm³/mol. The highest BCUT2D eigenvalue weighted by molar-refractivity contribution is 9.13. The summed E-state index contributed by atoms with van der Waals surface area (Å²) in [6.45, 7) is 18.6. The SMILES string of the molecule is CCCCC(CC)Cc1cc(Br)c(Br)cc1CC(CC)CCCC.CCCCC(CC)Cc1ccccc1CC(CC)CCCC.ClCCl. The fourth-order valence-electron chi connectivity index (χ4n) is 6.98. The third-order valence-electron chi connectivity index (χ3n) is 10.6. The quantitative estimate of drug-likeness (QED) is 0.0924. The molecule has 2 aromatic rings. The van der Waals surface area contributed by atoms with Gasteiger partial charge in [0.05, 0.1) is 5.34 Å². The monoisotopic (exact) mass is 844 g/mol. The molecule has 49 heavy (non-hydrogen) atoms. The van der Waals surface area contributed by atoms with Crippen molar-refractivity contribution in [2.45, 2.75) is 184 Å². The summed E-state index contributed by atoms with van der Waals surface area (Å²) in [5, 5.41) is 0.194. The van der Waals surface area contributed by atoms with E-state index in [0.29, 0.717) is 0 Å². The molecule has 0 saturated heterocycles. The first-order valence-electron chi connectivity index (χ1n) is 20.4. The molecule has 0 aromatic heterocycles. The van der Waals surface area contributed by atoms with Crippen molar-refractivity contribution in [1.82, 2.24) is 0 Å². The minimum atomic E-state index is 0.194. The van der Waals surface area contributed by atoms with E-state index in [0.717, 1.165) is 23.7 Å². The van der Waals surface area contributed by atoms with Crippen molar-refractivity contribution >= 4 is 55.1 Å². The molecule has 0 bridgehead atoms. The van der Waals surface area contributed by atoms with Crippen LogP contribution in [0.1, 0.15) is 180 Å². The van der Waals surface area contributed by atoms with E-state index >= 15 is 0 Å². The third kappa shape index (κ3) is 22.6. The highest BCUT2D eigenvalue weighted by Gasteiger charge is 2.16. The maximum atomic E-state index is 4.76. The Labute approximate surface area is 333 Å². The van der Waals surface area contributed by atoms with Gasteiger partial charge in [-0.2, -0.15) is 0 Å². The Morgan fingerprint density at radius 2 is 0.694 bits per heavy atom. The second-order valence-corrected chi connectivity index (χ2v) is 16.9. The third-order valence-corrected chi connectivity index (χ3v) is 12.4. The van der Waals surface area contributed by atoms with Crippen molar-refractivity contribution in [2.75, 3.05) is 5.34 Å². The molecule has 0 aliphatic rings. The van der Waals surface area contributed by atoms with Crippen LogP contribution in [0.5, 0.6) is 0 Å². The summed E-state index contributed by atoms with van der Waals surface area (Å²) in [5.41, 5.74) is 6.40. The first-order chi connectivity index (χ1) is 23.7. The highest BCUT2D eigenvalue weighted by atomic mass is 79.9. The van der Waals surface area contributed by atoms with Crippen molar-refractivity contribution in [3.8, 4) is 0 Å². The molecular formula is C45H76Br2Cl2. The van der Waals surface area contributed by atoms with Gasteiger partial charge < -0.3 is 0 Å². The summed E-state index contributed by atoms with van der Waals surface area (Å²) in [7, 11) is 0. The van der Waals surface area contributed by atoms with Crippen LogP contribution in [-0.2, 0) is 25.7 Å². The summed E-state index contributed by atoms with van der Waals surface area (Å²) in [6.07, 6.45) is 26.6. The summed E-state index contributed by atoms with van der Waals surface area (Å²) in [4.78, 5) is 0. The molecule has 2 aromatic carbocycles. The summed E-state index contributed by atoms with van der Waals surface area (Å²) < 4.78 is 2.40. The van der Waals surface area contributed by atoms with Crippen LogP contribution in [0.2, 0.25) is 0 Å². The average molecular weight is 848 g/mol. The van der Waals surface area contributed by atoms with Gasteiger partial charge in [-0.1, -0.05) is 182 Å². The molecule has 0 aliphatic carbocycles. The Morgan fingerprint density at radius 3 is 0.918 bits per heavy atom. The molecule has 0 heterocycles. The second kappa shape index (κ2) is 32.6. The zero-order valence-corrected chi connectivity index (χ0v) is 37.8. The number of hydrogen-bond donors (Lipinski definition) is 0. The maximum Gasteiger partial charge on any atom is 0.0967 e. The Kier molecular flexibility index (Phi) is 32.6. The fraction of sp³-hybridized carbons (Fsp3) is 0.733. The van der Waals surface area contributed by atoms with E-state index in [1.807, 2.05) is 0 Å². The molecule has 4 atom stereocenters. The van der Waals surface area contributed by atoms with Crippen LogP contribution in [0.15, 0.2) is 45.3 Å². The Morgan fingerprint density at radius 1 is 0.449 bits per heavy atom. The van der Waals surface area contributed by atoms with Gasteiger partial charge in [0.25, 0.3) is 0 Å². The Balaban J connectivity index is 0.000000873. The lowest BCUT2D eigenvalue weighted by molar-refractivity contribution is 0.434. The number of benzene rings is 2. The predicted octanol–water partition coefficient (Wildman–Crippen LogP) is 17.4. The van der Waals surface area contributed by atoms with Crippen LogP contribution in [0, 0.1) is 23.7 Å². The molecule has 4 heteroatoms. The lowest BCUT2D eigenvalue weighted by Gasteiger charge is -2.21. The molecule has 0 spiro atoms. The average Bonchev–Trinajstić information content (AvgIpc) is 3.11. The lowest BCUT2D eigenvalue weighted by Crippen LogP contribution is -2.10. The van der Waals surface area contributed by atoms with Gasteiger partial charge >= 0.3 is 0 Å². The topological polar surface area (TPSA) is 0 Å². The lowest BCUT2D eigenvalue weighted by atomic mass is 9.85. The first kappa shape index (κ1) is 49.0. The van der Waals surface area contributed by atoms with E-state index in [9.17, 15) is 0 Å². The normalized spacial score (nSPS) is 13.5. The van der Waals surface area contributed by atoms with E-state index in [4.69, 9.17) is 23.2 Å². The van der Waals surface area contributed by atoms with Gasteiger partial charge in [-0.05, 0) is 116 Å². The van der Waals surface area contributed by atoms with Gasteiger partial charge in [-0.3, -0.25) is 0 Å². The zero-order valence-electron chi connectivity index (χ0n) is 33.1. The molecule has 0 radical (unpaired) electrons. The van der Waals surface area contributed by atoms with Crippen molar-refractivity contribution in [3.05, 3.63) is 67.6 Å². The maximum absolute atomic E-state index is 4.76. The van der Waals surface area contributed by atoms with Crippen molar-refractivity contribution < 1.29 is 0 Å². The summed E-state index contributed by atoms with van der Waals surface area (Å²) in [5.74, 6) is 3.40. The molecule has 0 N–H and O–H groups in total. The highest BCUT2D eigenvalue weighted by Crippen LogP contribution is 2.32. The van der Waals surface area contributed by atoms with Gasteiger partial charge in [0, 0.05) is 8.95 Å². The Hall–Kier alpha value is -0.0200. The molecule has 0 aliphatic heterocycles. The number of rotatable bonds is 24. The molecular weight excluding hydrogens is 771 g/mol. The number of unbranched alkanes of at least 4 members (excludes halogenated alkanes) is 4. The van der Waals surface area contributed by atoms with Gasteiger partial charge in [0.15, 0.2) is 0 Å². The molecule has 4 unspecified atom stereocenters. The van der Waals surface area contributed by atoms with Crippen LogP contribution in [0.25, 0.3) is 0 Å². The molecule has 2 rings (SSSR count). The van der Waals surface area contributed by atoms with Crippen LogP contribution < -0.4 is 0 Å². The molecule has 0 amide bonds. The standard InChI is InChI=1S/C22H36Br2.C22H38.CH2Cl2/c1-5-9-11-17(7-3)13-19-15-21(23)22(24)16-20(19)14-18(8-4)12-10-6-2;1-5-9-13-19(7-3)17-21-15-11-12-16-22(21)18-20(8-4)14-10-6-2;2-1-3/h15-18H,5-14H2,1-4H3;11-12,15-16,19-20H,5-10,13-14,17-18H2,1-4H3;1H2. The second-order valence-electron chi connectivity index (χ2n) is 14.4. The van der Waals surface area contributed by atoms with Gasteiger partial charge in [-0.15, -0.1) is 23.2 Å². The van der Waals surface area contributed by atoms with Crippen molar-refractivity contribution in [2.24, 2.45) is 23.7 Å². The minimum Gasteiger partial charge on any atom is -0.109 e. The van der Waals surface area contributed by atoms with E-state index in [-0.39, 0.29) is 5.34 Å². The number of halogens is 4. The zero-order chi connectivity index (χ0) is 36.9. The van der Waals surface area contributed by atoms with Crippen molar-refractivity contribution in [3.63, 3.8) is 0 Å². The minimum absolute atomic E-state index is 0.194. The van der Waals surface area contributed by atoms with Gasteiger partial charge in [0.2, 0.25) is 0 Å². The number of alkyl halides is 2. The van der Waals surface area contributed by atoms with E-state index in [1.54, 1.807) is 22.3 Å². The van der Waals surface area contributed by atoms with E-state index < -0.39 is 0 Å². The molecule has 0 fully saturated rings. The first-order valence-corrected chi connectivity index (χ1v) is 23.0. The number of hydrogen-bond acceptors (Lipinski definition) is 0. The van der Waals surface area contributed by atoms with Gasteiger partial charge in [-0.25, -0.2) is 0 Å². The van der Waals surface area contributed by atoms with Crippen LogP contribution in [0.3, 0.4) is 0 Å². The van der Waals surface area contributed by atoms with E-state index in [1.165, 1.54) is 137 Å². The fourth-order valence-corrected chi connectivity index (χ4v) is 7.76.